The van der Waals surface area contributed by atoms with Gasteiger partial charge < -0.3 is 15.3 Å². The van der Waals surface area contributed by atoms with Crippen molar-refractivity contribution < 1.29 is 5.11 Å². The highest BCUT2D eigenvalue weighted by molar-refractivity contribution is 5.53. The minimum atomic E-state index is -0.0637. The molecule has 1 aromatic carbocycles. The van der Waals surface area contributed by atoms with Crippen LogP contribution in [0.5, 0.6) is 0 Å². The highest BCUT2D eigenvalue weighted by Crippen LogP contribution is 2.30. The van der Waals surface area contributed by atoms with E-state index in [1.54, 1.807) is 0 Å². The van der Waals surface area contributed by atoms with Crippen molar-refractivity contribution in [3.63, 3.8) is 0 Å². The molecule has 1 aliphatic rings. The molecule has 0 atom stereocenters. The second-order valence-corrected chi connectivity index (χ2v) is 7.10. The summed E-state index contributed by atoms with van der Waals surface area (Å²) in [5.41, 5.74) is 2.76. The summed E-state index contributed by atoms with van der Waals surface area (Å²) in [6.45, 7) is 8.49. The molecule has 0 heterocycles. The predicted molar refractivity (Wildman–Crippen MR) is 85.0 cm³/mol. The van der Waals surface area contributed by atoms with Crippen molar-refractivity contribution in [3.8, 4) is 0 Å². The van der Waals surface area contributed by atoms with Crippen LogP contribution >= 0.6 is 0 Å². The Balaban J connectivity index is 1.99. The van der Waals surface area contributed by atoms with Crippen LogP contribution in [0.15, 0.2) is 24.3 Å². The Morgan fingerprint density at radius 1 is 1.25 bits per heavy atom. The number of para-hydroxylation sites is 1. The van der Waals surface area contributed by atoms with Crippen LogP contribution in [0.3, 0.4) is 0 Å². The maximum Gasteiger partial charge on any atom is 0.0546 e. The molecule has 0 bridgehead atoms. The first-order chi connectivity index (χ1) is 9.35. The quantitative estimate of drug-likeness (QED) is 0.868. The summed E-state index contributed by atoms with van der Waals surface area (Å²) in [6, 6.07) is 8.58. The van der Waals surface area contributed by atoms with Crippen molar-refractivity contribution in [2.45, 2.75) is 51.8 Å². The molecule has 2 N–H and O–H groups in total. The fraction of sp³-hybridized carbons (Fsp3) is 0.647. The standard InChI is InChI=1S/C17H28N2O/c1-17(2,3)18-11-14-7-5-6-8-16(14)19(4)12-13-9-15(20)10-13/h5-8,13,15,18,20H,9-12H2,1-4H3. The molecular formula is C17H28N2O. The van der Waals surface area contributed by atoms with Crippen LogP contribution in [0.2, 0.25) is 0 Å². The van der Waals surface area contributed by atoms with E-state index in [0.29, 0.717) is 5.92 Å². The third-order valence-electron chi connectivity index (χ3n) is 3.95. The summed E-state index contributed by atoms with van der Waals surface area (Å²) in [5.74, 6) is 0.638. The molecule has 3 heteroatoms. The number of hydrogen-bond acceptors (Lipinski definition) is 3. The molecule has 0 aliphatic heterocycles. The van der Waals surface area contributed by atoms with E-state index < -0.39 is 0 Å². The van der Waals surface area contributed by atoms with Crippen molar-refractivity contribution in [1.29, 1.82) is 0 Å². The first kappa shape index (κ1) is 15.3. The van der Waals surface area contributed by atoms with E-state index in [1.807, 2.05) is 0 Å². The molecule has 0 aromatic heterocycles. The van der Waals surface area contributed by atoms with Crippen LogP contribution in [0.1, 0.15) is 39.2 Å². The van der Waals surface area contributed by atoms with E-state index in [1.165, 1.54) is 11.3 Å². The zero-order valence-electron chi connectivity index (χ0n) is 13.2. The van der Waals surface area contributed by atoms with Gasteiger partial charge in [0, 0.05) is 31.4 Å². The Kier molecular flexibility index (Phi) is 4.71. The van der Waals surface area contributed by atoms with Gasteiger partial charge in [0.15, 0.2) is 0 Å². The largest absolute Gasteiger partial charge is 0.393 e. The van der Waals surface area contributed by atoms with Crippen LogP contribution in [0, 0.1) is 5.92 Å². The van der Waals surface area contributed by atoms with Crippen molar-refractivity contribution in [3.05, 3.63) is 29.8 Å². The molecule has 2 rings (SSSR count). The van der Waals surface area contributed by atoms with Gasteiger partial charge in [-0.1, -0.05) is 18.2 Å². The highest BCUT2D eigenvalue weighted by Gasteiger charge is 2.28. The maximum absolute atomic E-state index is 9.40. The molecule has 1 fully saturated rings. The Morgan fingerprint density at radius 2 is 1.90 bits per heavy atom. The van der Waals surface area contributed by atoms with Crippen LogP contribution in [0.4, 0.5) is 5.69 Å². The number of rotatable bonds is 5. The predicted octanol–water partition coefficient (Wildman–Crippen LogP) is 2.78. The van der Waals surface area contributed by atoms with Gasteiger partial charge >= 0.3 is 0 Å². The summed E-state index contributed by atoms with van der Waals surface area (Å²) < 4.78 is 0. The fourth-order valence-corrected chi connectivity index (χ4v) is 2.73. The van der Waals surface area contributed by atoms with Crippen LogP contribution < -0.4 is 10.2 Å². The Hall–Kier alpha value is -1.06. The molecule has 1 saturated carbocycles. The van der Waals surface area contributed by atoms with Crippen LogP contribution in [-0.4, -0.2) is 30.3 Å². The SMILES string of the molecule is CN(CC1CC(O)C1)c1ccccc1CNC(C)(C)C. The summed E-state index contributed by atoms with van der Waals surface area (Å²) >= 11 is 0. The van der Waals surface area contributed by atoms with Gasteiger partial charge in [-0.3, -0.25) is 0 Å². The molecule has 1 aliphatic carbocycles. The molecular weight excluding hydrogens is 248 g/mol. The zero-order chi connectivity index (χ0) is 14.8. The van der Waals surface area contributed by atoms with E-state index in [4.69, 9.17) is 0 Å². The molecule has 0 amide bonds. The number of nitrogens with zero attached hydrogens (tertiary/aromatic N) is 1. The average molecular weight is 276 g/mol. The zero-order valence-corrected chi connectivity index (χ0v) is 13.2. The lowest BCUT2D eigenvalue weighted by Gasteiger charge is -2.36. The van der Waals surface area contributed by atoms with Gasteiger partial charge in [0.25, 0.3) is 0 Å². The number of aliphatic hydroxyl groups excluding tert-OH is 1. The van der Waals surface area contributed by atoms with Crippen molar-refractivity contribution in [2.75, 3.05) is 18.5 Å². The van der Waals surface area contributed by atoms with Gasteiger partial charge in [0.1, 0.15) is 0 Å². The fourth-order valence-electron chi connectivity index (χ4n) is 2.73. The number of aliphatic hydroxyl groups is 1. The van der Waals surface area contributed by atoms with Gasteiger partial charge in [0.05, 0.1) is 6.10 Å². The molecule has 20 heavy (non-hydrogen) atoms. The Bertz CT molecular complexity index is 433. The van der Waals surface area contributed by atoms with Gasteiger partial charge in [-0.15, -0.1) is 0 Å². The lowest BCUT2D eigenvalue weighted by Crippen LogP contribution is -2.38. The number of anilines is 1. The molecule has 1 aromatic rings. The highest BCUT2D eigenvalue weighted by atomic mass is 16.3. The summed E-state index contributed by atoms with van der Waals surface area (Å²) in [5, 5.41) is 13.0. The van der Waals surface area contributed by atoms with Crippen LogP contribution in [0.25, 0.3) is 0 Å². The molecule has 112 valence electrons. The van der Waals surface area contributed by atoms with E-state index in [2.05, 4.69) is 62.3 Å². The number of hydrogen-bond donors (Lipinski definition) is 2. The second kappa shape index (κ2) is 6.15. The Labute approximate surface area is 123 Å². The minimum absolute atomic E-state index is 0.0637. The molecule has 0 radical (unpaired) electrons. The topological polar surface area (TPSA) is 35.5 Å². The minimum Gasteiger partial charge on any atom is -0.393 e. The number of nitrogens with one attached hydrogen (secondary N) is 1. The average Bonchev–Trinajstić information content (AvgIpc) is 2.34. The first-order valence-electron chi connectivity index (χ1n) is 7.57. The van der Waals surface area contributed by atoms with Gasteiger partial charge in [-0.05, 0) is 51.2 Å². The summed E-state index contributed by atoms with van der Waals surface area (Å²) in [6.07, 6.45) is 1.84. The normalized spacial score (nSPS) is 22.4. The second-order valence-electron chi connectivity index (χ2n) is 7.10. The van der Waals surface area contributed by atoms with E-state index in [0.717, 1.165) is 25.9 Å². The van der Waals surface area contributed by atoms with E-state index >= 15 is 0 Å². The molecule has 0 unspecified atom stereocenters. The third kappa shape index (κ3) is 4.22. The van der Waals surface area contributed by atoms with E-state index in [-0.39, 0.29) is 11.6 Å². The Morgan fingerprint density at radius 3 is 2.50 bits per heavy atom. The van der Waals surface area contributed by atoms with Crippen molar-refractivity contribution >= 4 is 5.69 Å². The molecule has 0 saturated heterocycles. The first-order valence-corrected chi connectivity index (χ1v) is 7.57. The lowest BCUT2D eigenvalue weighted by molar-refractivity contribution is 0.0464. The monoisotopic (exact) mass is 276 g/mol. The van der Waals surface area contributed by atoms with Gasteiger partial charge in [0.2, 0.25) is 0 Å². The summed E-state index contributed by atoms with van der Waals surface area (Å²) in [7, 11) is 2.15. The number of benzene rings is 1. The smallest absolute Gasteiger partial charge is 0.0546 e. The van der Waals surface area contributed by atoms with Gasteiger partial charge in [-0.25, -0.2) is 0 Å². The van der Waals surface area contributed by atoms with Gasteiger partial charge in [-0.2, -0.15) is 0 Å². The van der Waals surface area contributed by atoms with Crippen molar-refractivity contribution in [2.24, 2.45) is 5.92 Å². The van der Waals surface area contributed by atoms with E-state index in [9.17, 15) is 5.11 Å². The lowest BCUT2D eigenvalue weighted by atomic mass is 9.82. The summed E-state index contributed by atoms with van der Waals surface area (Å²) in [4.78, 5) is 2.33. The third-order valence-corrected chi connectivity index (χ3v) is 3.95. The maximum atomic E-state index is 9.40. The molecule has 0 spiro atoms. The van der Waals surface area contributed by atoms with Crippen LogP contribution in [-0.2, 0) is 6.54 Å². The molecule has 3 nitrogen and oxygen atoms in total. The van der Waals surface area contributed by atoms with Crippen molar-refractivity contribution in [1.82, 2.24) is 5.32 Å².